The van der Waals surface area contributed by atoms with E-state index in [0.717, 1.165) is 11.1 Å². The van der Waals surface area contributed by atoms with Gasteiger partial charge in [-0.05, 0) is 23.8 Å². The first-order valence-corrected chi connectivity index (χ1v) is 6.05. The molecule has 2 aromatic heterocycles. The van der Waals surface area contributed by atoms with Crippen molar-refractivity contribution >= 4 is 16.8 Å². The maximum absolute atomic E-state index is 12.8. The molecule has 0 spiro atoms. The van der Waals surface area contributed by atoms with Crippen molar-refractivity contribution in [1.82, 2.24) is 20.5 Å². The van der Waals surface area contributed by atoms with Crippen LogP contribution < -0.4 is 5.32 Å². The lowest BCUT2D eigenvalue weighted by atomic mass is 10.2. The van der Waals surface area contributed by atoms with Gasteiger partial charge in [0.15, 0.2) is 5.69 Å². The molecule has 0 aliphatic rings. The molecule has 3 aromatic rings. The monoisotopic (exact) mass is 270 g/mol. The molecule has 100 valence electrons. The smallest absolute Gasteiger partial charge is 0.272 e. The van der Waals surface area contributed by atoms with Crippen LogP contribution in [0, 0.1) is 5.82 Å². The fourth-order valence-electron chi connectivity index (χ4n) is 1.90. The van der Waals surface area contributed by atoms with Gasteiger partial charge in [0.05, 0.1) is 10.9 Å². The number of halogens is 1. The molecular weight excluding hydrogens is 259 g/mol. The summed E-state index contributed by atoms with van der Waals surface area (Å²) >= 11 is 0. The normalized spacial score (nSPS) is 10.7. The standard InChI is InChI=1S/C14H11FN4O/c15-10-3-1-9(2-4-10)7-17-14(20)13-11-8-16-6-5-12(11)18-19-13/h1-6,8H,7H2,(H,17,20)(H,18,19). The van der Waals surface area contributed by atoms with Gasteiger partial charge in [-0.15, -0.1) is 0 Å². The Hall–Kier alpha value is -2.76. The molecule has 1 amide bonds. The van der Waals surface area contributed by atoms with E-state index >= 15 is 0 Å². The number of carbonyl (C=O) groups excluding carboxylic acids is 1. The van der Waals surface area contributed by atoms with E-state index in [1.165, 1.54) is 12.1 Å². The average molecular weight is 270 g/mol. The lowest BCUT2D eigenvalue weighted by Crippen LogP contribution is -2.23. The minimum atomic E-state index is -0.301. The van der Waals surface area contributed by atoms with Gasteiger partial charge in [0.1, 0.15) is 5.82 Å². The van der Waals surface area contributed by atoms with E-state index in [1.54, 1.807) is 30.6 Å². The third-order valence-corrected chi connectivity index (χ3v) is 2.95. The van der Waals surface area contributed by atoms with Gasteiger partial charge < -0.3 is 5.32 Å². The fourth-order valence-corrected chi connectivity index (χ4v) is 1.90. The first-order valence-electron chi connectivity index (χ1n) is 6.05. The summed E-state index contributed by atoms with van der Waals surface area (Å²) in [7, 11) is 0. The molecule has 0 unspecified atom stereocenters. The van der Waals surface area contributed by atoms with Crippen molar-refractivity contribution < 1.29 is 9.18 Å². The first-order chi connectivity index (χ1) is 9.74. The van der Waals surface area contributed by atoms with Gasteiger partial charge >= 0.3 is 0 Å². The van der Waals surface area contributed by atoms with Gasteiger partial charge in [-0.3, -0.25) is 14.9 Å². The van der Waals surface area contributed by atoms with Crippen molar-refractivity contribution in [2.75, 3.05) is 0 Å². The Balaban J connectivity index is 1.75. The molecule has 0 bridgehead atoms. The van der Waals surface area contributed by atoms with Gasteiger partial charge in [0, 0.05) is 18.9 Å². The summed E-state index contributed by atoms with van der Waals surface area (Å²) in [6.45, 7) is 0.313. The summed E-state index contributed by atoms with van der Waals surface area (Å²) in [5.74, 6) is -0.599. The topological polar surface area (TPSA) is 70.7 Å². The summed E-state index contributed by atoms with van der Waals surface area (Å²) in [6.07, 6.45) is 3.21. The molecule has 3 rings (SSSR count). The Labute approximate surface area is 113 Å². The molecule has 0 radical (unpaired) electrons. The lowest BCUT2D eigenvalue weighted by molar-refractivity contribution is 0.0947. The Bertz CT molecular complexity index is 751. The van der Waals surface area contributed by atoms with E-state index in [4.69, 9.17) is 0 Å². The number of H-pyrrole nitrogens is 1. The van der Waals surface area contributed by atoms with E-state index in [1.807, 2.05) is 0 Å². The van der Waals surface area contributed by atoms with Crippen LogP contribution in [-0.2, 0) is 6.54 Å². The highest BCUT2D eigenvalue weighted by Crippen LogP contribution is 2.13. The SMILES string of the molecule is O=C(NCc1ccc(F)cc1)c1n[nH]c2ccncc12. The maximum atomic E-state index is 12.8. The lowest BCUT2D eigenvalue weighted by Gasteiger charge is -2.03. The molecule has 0 atom stereocenters. The maximum Gasteiger partial charge on any atom is 0.272 e. The molecule has 0 saturated heterocycles. The summed E-state index contributed by atoms with van der Waals surface area (Å²) in [5.41, 5.74) is 1.87. The molecular formula is C14H11FN4O. The van der Waals surface area contributed by atoms with Gasteiger partial charge in [0.2, 0.25) is 0 Å². The van der Waals surface area contributed by atoms with E-state index < -0.39 is 0 Å². The number of hydrogen-bond donors (Lipinski definition) is 2. The number of nitrogens with one attached hydrogen (secondary N) is 2. The molecule has 1 aromatic carbocycles. The number of aromatic nitrogens is 3. The largest absolute Gasteiger partial charge is 0.347 e. The van der Waals surface area contributed by atoms with Crippen molar-refractivity contribution in [3.05, 3.63) is 59.8 Å². The quantitative estimate of drug-likeness (QED) is 0.765. The second kappa shape index (κ2) is 5.08. The van der Waals surface area contributed by atoms with Gasteiger partial charge in [-0.25, -0.2) is 4.39 Å². The predicted octanol–water partition coefficient (Wildman–Crippen LogP) is 2.03. The second-order valence-corrected chi connectivity index (χ2v) is 4.30. The fraction of sp³-hybridized carbons (Fsp3) is 0.0714. The van der Waals surface area contributed by atoms with Crippen LogP contribution in [-0.4, -0.2) is 21.1 Å². The number of aromatic amines is 1. The number of hydrogen-bond acceptors (Lipinski definition) is 3. The van der Waals surface area contributed by atoms with Crippen LogP contribution in [0.25, 0.3) is 10.9 Å². The van der Waals surface area contributed by atoms with Crippen molar-refractivity contribution in [3.8, 4) is 0 Å². The first kappa shape index (κ1) is 12.3. The van der Waals surface area contributed by atoms with Crippen LogP contribution in [0.3, 0.4) is 0 Å². The Morgan fingerprint density at radius 2 is 2.05 bits per heavy atom. The number of pyridine rings is 1. The van der Waals surface area contributed by atoms with Gasteiger partial charge in [-0.2, -0.15) is 5.10 Å². The molecule has 0 aliphatic heterocycles. The molecule has 0 aliphatic carbocycles. The molecule has 2 heterocycles. The molecule has 5 nitrogen and oxygen atoms in total. The summed E-state index contributed by atoms with van der Waals surface area (Å²) in [6, 6.07) is 7.71. The third-order valence-electron chi connectivity index (χ3n) is 2.95. The van der Waals surface area contributed by atoms with E-state index in [0.29, 0.717) is 17.6 Å². The number of nitrogens with zero attached hydrogens (tertiary/aromatic N) is 2. The zero-order valence-electron chi connectivity index (χ0n) is 10.4. The Kier molecular flexibility index (Phi) is 3.12. The predicted molar refractivity (Wildman–Crippen MR) is 71.5 cm³/mol. The molecule has 20 heavy (non-hydrogen) atoms. The van der Waals surface area contributed by atoms with Crippen LogP contribution in [0.15, 0.2) is 42.7 Å². The number of benzene rings is 1. The van der Waals surface area contributed by atoms with Gasteiger partial charge in [-0.1, -0.05) is 12.1 Å². The zero-order valence-corrected chi connectivity index (χ0v) is 10.4. The molecule has 0 fully saturated rings. The number of rotatable bonds is 3. The van der Waals surface area contributed by atoms with Crippen LogP contribution in [0.5, 0.6) is 0 Å². The number of fused-ring (bicyclic) bond motifs is 1. The summed E-state index contributed by atoms with van der Waals surface area (Å²) < 4.78 is 12.8. The van der Waals surface area contributed by atoms with Crippen LogP contribution in [0.2, 0.25) is 0 Å². The average Bonchev–Trinajstić information content (AvgIpc) is 2.90. The molecule has 0 saturated carbocycles. The molecule has 2 N–H and O–H groups in total. The Morgan fingerprint density at radius 1 is 1.25 bits per heavy atom. The third kappa shape index (κ3) is 2.35. The number of amides is 1. The van der Waals surface area contributed by atoms with Gasteiger partial charge in [0.25, 0.3) is 5.91 Å². The molecule has 6 heteroatoms. The van der Waals surface area contributed by atoms with Crippen LogP contribution in [0.4, 0.5) is 4.39 Å². The highest BCUT2D eigenvalue weighted by Gasteiger charge is 2.13. The van der Waals surface area contributed by atoms with Crippen LogP contribution >= 0.6 is 0 Å². The van der Waals surface area contributed by atoms with Crippen LogP contribution in [0.1, 0.15) is 16.1 Å². The van der Waals surface area contributed by atoms with Crippen molar-refractivity contribution in [3.63, 3.8) is 0 Å². The minimum absolute atomic E-state index is 0.298. The van der Waals surface area contributed by atoms with E-state index in [2.05, 4.69) is 20.5 Å². The van der Waals surface area contributed by atoms with Crippen molar-refractivity contribution in [1.29, 1.82) is 0 Å². The second-order valence-electron chi connectivity index (χ2n) is 4.30. The highest BCUT2D eigenvalue weighted by atomic mass is 19.1. The number of carbonyl (C=O) groups is 1. The summed E-state index contributed by atoms with van der Waals surface area (Å²) in [5, 5.41) is 10.2. The van der Waals surface area contributed by atoms with E-state index in [-0.39, 0.29) is 11.7 Å². The van der Waals surface area contributed by atoms with Crippen molar-refractivity contribution in [2.45, 2.75) is 6.54 Å². The van der Waals surface area contributed by atoms with Crippen molar-refractivity contribution in [2.24, 2.45) is 0 Å². The minimum Gasteiger partial charge on any atom is -0.347 e. The Morgan fingerprint density at radius 3 is 2.85 bits per heavy atom. The van der Waals surface area contributed by atoms with E-state index in [9.17, 15) is 9.18 Å². The zero-order chi connectivity index (χ0) is 13.9. The summed E-state index contributed by atoms with van der Waals surface area (Å²) in [4.78, 5) is 16.0. The highest BCUT2D eigenvalue weighted by molar-refractivity contribution is 6.04.